The summed E-state index contributed by atoms with van der Waals surface area (Å²) < 4.78 is 13.3. The number of aliphatic hydroxyl groups excluding tert-OH is 1. The number of carbonyl (C=O) groups excluding carboxylic acids is 1. The minimum absolute atomic E-state index is 0.102. The smallest absolute Gasteiger partial charge is 0.234 e. The maximum absolute atomic E-state index is 13.3. The predicted molar refractivity (Wildman–Crippen MR) is 70.0 cm³/mol. The van der Waals surface area contributed by atoms with E-state index in [9.17, 15) is 14.3 Å². The second-order valence-electron chi connectivity index (χ2n) is 5.04. The van der Waals surface area contributed by atoms with Crippen LogP contribution < -0.4 is 5.32 Å². The van der Waals surface area contributed by atoms with Crippen LogP contribution in [-0.2, 0) is 11.3 Å². The van der Waals surface area contributed by atoms with Crippen LogP contribution in [0, 0.1) is 12.7 Å². The lowest BCUT2D eigenvalue weighted by Gasteiger charge is -2.14. The van der Waals surface area contributed by atoms with E-state index in [1.165, 1.54) is 6.07 Å². The third kappa shape index (κ3) is 4.01. The van der Waals surface area contributed by atoms with Crippen molar-refractivity contribution in [2.45, 2.75) is 26.0 Å². The Morgan fingerprint density at radius 3 is 3.00 bits per heavy atom. The van der Waals surface area contributed by atoms with Crippen LogP contribution in [0.3, 0.4) is 0 Å². The Balaban J connectivity index is 1.78. The van der Waals surface area contributed by atoms with E-state index in [-0.39, 0.29) is 24.4 Å². The first-order chi connectivity index (χ1) is 9.04. The Labute approximate surface area is 112 Å². The number of likely N-dealkylation sites (tertiary alicyclic amines) is 1. The average molecular weight is 266 g/mol. The molecule has 1 aliphatic heterocycles. The summed E-state index contributed by atoms with van der Waals surface area (Å²) in [6.07, 6.45) is 0.398. The van der Waals surface area contributed by atoms with Gasteiger partial charge in [-0.2, -0.15) is 0 Å². The van der Waals surface area contributed by atoms with Gasteiger partial charge < -0.3 is 10.4 Å². The molecule has 2 rings (SSSR count). The first-order valence-corrected chi connectivity index (χ1v) is 6.47. The van der Waals surface area contributed by atoms with Crippen LogP contribution >= 0.6 is 0 Å². The van der Waals surface area contributed by atoms with Gasteiger partial charge in [0.15, 0.2) is 0 Å². The van der Waals surface area contributed by atoms with Crippen molar-refractivity contribution in [1.29, 1.82) is 0 Å². The summed E-state index contributed by atoms with van der Waals surface area (Å²) in [6, 6.07) is 4.95. The zero-order chi connectivity index (χ0) is 13.8. The molecule has 1 atom stereocenters. The number of carbonyl (C=O) groups is 1. The van der Waals surface area contributed by atoms with E-state index < -0.39 is 0 Å². The number of benzene rings is 1. The number of amides is 1. The summed E-state index contributed by atoms with van der Waals surface area (Å²) in [6.45, 7) is 3.61. The number of halogens is 1. The highest BCUT2D eigenvalue weighted by Crippen LogP contribution is 2.09. The first-order valence-electron chi connectivity index (χ1n) is 6.47. The lowest BCUT2D eigenvalue weighted by molar-refractivity contribution is -0.122. The van der Waals surface area contributed by atoms with Gasteiger partial charge >= 0.3 is 0 Å². The molecule has 1 aliphatic rings. The molecule has 1 saturated heterocycles. The molecule has 1 aromatic carbocycles. The molecule has 0 aliphatic carbocycles. The van der Waals surface area contributed by atoms with Crippen molar-refractivity contribution in [3.63, 3.8) is 0 Å². The number of rotatable bonds is 4. The molecule has 1 unspecified atom stereocenters. The molecular formula is C14H19FN2O2. The number of hydrogen-bond donors (Lipinski definition) is 2. The van der Waals surface area contributed by atoms with Gasteiger partial charge in [-0.1, -0.05) is 12.1 Å². The number of β-amino-alcohol motifs (C(OH)–C–C–N with tert-alkyl or cyclic N) is 1. The molecule has 0 bridgehead atoms. The molecule has 0 radical (unpaired) electrons. The molecule has 0 saturated carbocycles. The van der Waals surface area contributed by atoms with Crippen LogP contribution in [-0.4, -0.2) is 41.7 Å². The maximum atomic E-state index is 13.3. The molecule has 1 aromatic rings. The Morgan fingerprint density at radius 2 is 2.37 bits per heavy atom. The third-order valence-corrected chi connectivity index (χ3v) is 3.34. The van der Waals surface area contributed by atoms with Crippen LogP contribution in [0.5, 0.6) is 0 Å². The second kappa shape index (κ2) is 6.12. The zero-order valence-corrected chi connectivity index (χ0v) is 11.0. The van der Waals surface area contributed by atoms with Gasteiger partial charge in [-0.25, -0.2) is 4.39 Å². The molecule has 1 heterocycles. The lowest BCUT2D eigenvalue weighted by Crippen LogP contribution is -2.36. The molecule has 19 heavy (non-hydrogen) atoms. The Bertz CT molecular complexity index is 465. The molecule has 4 nitrogen and oxygen atoms in total. The van der Waals surface area contributed by atoms with Gasteiger partial charge in [0.2, 0.25) is 5.91 Å². The van der Waals surface area contributed by atoms with Crippen molar-refractivity contribution in [3.8, 4) is 0 Å². The molecule has 0 spiro atoms. The number of aliphatic hydroxyl groups is 1. The quantitative estimate of drug-likeness (QED) is 0.848. The fraction of sp³-hybridized carbons (Fsp3) is 0.500. The van der Waals surface area contributed by atoms with Crippen LogP contribution in [0.25, 0.3) is 0 Å². The van der Waals surface area contributed by atoms with Crippen LogP contribution in [0.1, 0.15) is 17.5 Å². The predicted octanol–water partition coefficient (Wildman–Crippen LogP) is 0.817. The highest BCUT2D eigenvalue weighted by molar-refractivity contribution is 5.78. The summed E-state index contributed by atoms with van der Waals surface area (Å²) in [5.74, 6) is -0.357. The van der Waals surface area contributed by atoms with Crippen LogP contribution in [0.4, 0.5) is 4.39 Å². The van der Waals surface area contributed by atoms with E-state index in [0.29, 0.717) is 18.7 Å². The van der Waals surface area contributed by atoms with Crippen molar-refractivity contribution in [1.82, 2.24) is 10.2 Å². The third-order valence-electron chi connectivity index (χ3n) is 3.34. The molecule has 1 amide bonds. The Kier molecular flexibility index (Phi) is 4.50. The number of nitrogens with zero attached hydrogens (tertiary/aromatic N) is 1. The van der Waals surface area contributed by atoms with Crippen molar-refractivity contribution < 1.29 is 14.3 Å². The average Bonchev–Trinajstić information content (AvgIpc) is 2.76. The van der Waals surface area contributed by atoms with Crippen molar-refractivity contribution in [2.75, 3.05) is 19.6 Å². The van der Waals surface area contributed by atoms with Gasteiger partial charge in [-0.05, 0) is 30.5 Å². The van der Waals surface area contributed by atoms with E-state index >= 15 is 0 Å². The summed E-state index contributed by atoms with van der Waals surface area (Å²) in [4.78, 5) is 13.6. The lowest BCUT2D eigenvalue weighted by atomic mass is 10.1. The molecular weight excluding hydrogens is 247 g/mol. The number of nitrogens with one attached hydrogen (secondary N) is 1. The molecule has 5 heteroatoms. The summed E-state index contributed by atoms with van der Waals surface area (Å²) >= 11 is 0. The molecule has 0 aromatic heterocycles. The van der Waals surface area contributed by atoms with Crippen molar-refractivity contribution >= 4 is 5.91 Å². The standard InChI is InChI=1S/C14H19FN2O2/c1-10-2-3-11(6-13(10)15)7-16-14(19)9-17-5-4-12(18)8-17/h2-3,6,12,18H,4-5,7-9H2,1H3,(H,16,19). The van der Waals surface area contributed by atoms with E-state index in [1.54, 1.807) is 19.1 Å². The van der Waals surface area contributed by atoms with Gasteiger partial charge in [-0.3, -0.25) is 9.69 Å². The minimum Gasteiger partial charge on any atom is -0.392 e. The maximum Gasteiger partial charge on any atom is 0.234 e. The van der Waals surface area contributed by atoms with Crippen molar-refractivity contribution in [3.05, 3.63) is 35.1 Å². The number of aryl methyl sites for hydroxylation is 1. The monoisotopic (exact) mass is 266 g/mol. The number of hydrogen-bond acceptors (Lipinski definition) is 3. The minimum atomic E-state index is -0.320. The summed E-state index contributed by atoms with van der Waals surface area (Å²) in [7, 11) is 0. The first kappa shape index (κ1) is 14.0. The van der Waals surface area contributed by atoms with E-state index in [2.05, 4.69) is 5.32 Å². The van der Waals surface area contributed by atoms with Gasteiger partial charge in [-0.15, -0.1) is 0 Å². The normalized spacial score (nSPS) is 19.6. The van der Waals surface area contributed by atoms with Gasteiger partial charge in [0.05, 0.1) is 12.6 Å². The van der Waals surface area contributed by atoms with E-state index in [4.69, 9.17) is 0 Å². The highest BCUT2D eigenvalue weighted by atomic mass is 19.1. The highest BCUT2D eigenvalue weighted by Gasteiger charge is 2.21. The fourth-order valence-electron chi connectivity index (χ4n) is 2.16. The molecule has 104 valence electrons. The Morgan fingerprint density at radius 1 is 1.58 bits per heavy atom. The van der Waals surface area contributed by atoms with Crippen LogP contribution in [0.15, 0.2) is 18.2 Å². The summed E-state index contributed by atoms with van der Waals surface area (Å²) in [5.41, 5.74) is 1.35. The van der Waals surface area contributed by atoms with Gasteiger partial charge in [0.1, 0.15) is 5.82 Å². The SMILES string of the molecule is Cc1ccc(CNC(=O)CN2CCC(O)C2)cc1F. The zero-order valence-electron chi connectivity index (χ0n) is 11.0. The largest absolute Gasteiger partial charge is 0.392 e. The van der Waals surface area contributed by atoms with E-state index in [1.807, 2.05) is 4.90 Å². The fourth-order valence-corrected chi connectivity index (χ4v) is 2.16. The van der Waals surface area contributed by atoms with Crippen LogP contribution in [0.2, 0.25) is 0 Å². The van der Waals surface area contributed by atoms with Gasteiger partial charge in [0.25, 0.3) is 0 Å². The van der Waals surface area contributed by atoms with Gasteiger partial charge in [0, 0.05) is 19.6 Å². The Hall–Kier alpha value is -1.46. The molecule has 2 N–H and O–H groups in total. The van der Waals surface area contributed by atoms with Crippen molar-refractivity contribution in [2.24, 2.45) is 0 Å². The van der Waals surface area contributed by atoms with E-state index in [0.717, 1.165) is 18.5 Å². The second-order valence-corrected chi connectivity index (χ2v) is 5.04. The summed E-state index contributed by atoms with van der Waals surface area (Å²) in [5, 5.41) is 12.1. The topological polar surface area (TPSA) is 52.6 Å². The molecule has 1 fully saturated rings.